The Hall–Kier alpha value is -1.01. The molecule has 1 atom stereocenters. The standard InChI is InChI=1S/C10H13BrN2O3/c1-7-3-10(13(14)15)9(12-5-7)4-8(11)6-16-2/h3,5,8H,4,6H2,1-2H3. The smallest absolute Gasteiger partial charge is 0.291 e. The fraction of sp³-hybridized carbons (Fsp3) is 0.500. The normalized spacial score (nSPS) is 12.4. The van der Waals surface area contributed by atoms with Gasteiger partial charge in [0.15, 0.2) is 0 Å². The van der Waals surface area contributed by atoms with Crippen LogP contribution in [0.1, 0.15) is 11.3 Å². The van der Waals surface area contributed by atoms with Crippen LogP contribution in [0.25, 0.3) is 0 Å². The second kappa shape index (κ2) is 5.91. The van der Waals surface area contributed by atoms with Gasteiger partial charge >= 0.3 is 0 Å². The molecular weight excluding hydrogens is 276 g/mol. The van der Waals surface area contributed by atoms with Crippen molar-refractivity contribution in [3.63, 3.8) is 0 Å². The average molecular weight is 289 g/mol. The molecular formula is C10H13BrN2O3. The van der Waals surface area contributed by atoms with Crippen LogP contribution in [-0.4, -0.2) is 28.5 Å². The molecule has 6 heteroatoms. The first-order chi connectivity index (χ1) is 7.54. The van der Waals surface area contributed by atoms with Gasteiger partial charge in [0.25, 0.3) is 5.69 Å². The predicted octanol–water partition coefficient (Wildman–Crippen LogP) is 2.25. The first kappa shape index (κ1) is 13.1. The van der Waals surface area contributed by atoms with Crippen molar-refractivity contribution < 1.29 is 9.66 Å². The molecule has 16 heavy (non-hydrogen) atoms. The van der Waals surface area contributed by atoms with E-state index in [1.54, 1.807) is 20.2 Å². The highest BCUT2D eigenvalue weighted by Gasteiger charge is 2.18. The van der Waals surface area contributed by atoms with Gasteiger partial charge in [0.05, 0.1) is 11.5 Å². The van der Waals surface area contributed by atoms with Crippen LogP contribution in [0.5, 0.6) is 0 Å². The Morgan fingerprint density at radius 3 is 2.94 bits per heavy atom. The van der Waals surface area contributed by atoms with Crippen molar-refractivity contribution >= 4 is 21.6 Å². The third-order valence-electron chi connectivity index (χ3n) is 2.04. The van der Waals surface area contributed by atoms with E-state index in [0.717, 1.165) is 5.56 Å². The van der Waals surface area contributed by atoms with Crippen LogP contribution < -0.4 is 0 Å². The van der Waals surface area contributed by atoms with Crippen molar-refractivity contribution in [2.45, 2.75) is 18.2 Å². The molecule has 0 saturated heterocycles. The summed E-state index contributed by atoms with van der Waals surface area (Å²) < 4.78 is 4.96. The summed E-state index contributed by atoms with van der Waals surface area (Å²) in [5.41, 5.74) is 1.34. The Labute approximate surface area is 102 Å². The molecule has 0 N–H and O–H groups in total. The SMILES string of the molecule is COCC(Br)Cc1ncc(C)cc1[N+](=O)[O-]. The zero-order valence-electron chi connectivity index (χ0n) is 9.14. The molecule has 5 nitrogen and oxygen atoms in total. The van der Waals surface area contributed by atoms with Gasteiger partial charge in [0.2, 0.25) is 0 Å². The second-order valence-corrected chi connectivity index (χ2v) is 4.79. The van der Waals surface area contributed by atoms with Crippen molar-refractivity contribution in [2.75, 3.05) is 13.7 Å². The molecule has 1 rings (SSSR count). The minimum atomic E-state index is -0.401. The summed E-state index contributed by atoms with van der Waals surface area (Å²) in [6, 6.07) is 1.54. The lowest BCUT2D eigenvalue weighted by Gasteiger charge is -2.08. The third kappa shape index (κ3) is 3.53. The van der Waals surface area contributed by atoms with Crippen LogP contribution in [0.2, 0.25) is 0 Å². The van der Waals surface area contributed by atoms with E-state index < -0.39 is 4.92 Å². The molecule has 0 aromatic carbocycles. The number of ether oxygens (including phenoxy) is 1. The van der Waals surface area contributed by atoms with E-state index in [0.29, 0.717) is 18.7 Å². The van der Waals surface area contributed by atoms with Gasteiger partial charge in [-0.05, 0) is 12.5 Å². The van der Waals surface area contributed by atoms with Gasteiger partial charge in [-0.3, -0.25) is 15.1 Å². The lowest BCUT2D eigenvalue weighted by molar-refractivity contribution is -0.386. The lowest BCUT2D eigenvalue weighted by atomic mass is 10.1. The third-order valence-corrected chi connectivity index (χ3v) is 2.63. The van der Waals surface area contributed by atoms with E-state index in [-0.39, 0.29) is 10.5 Å². The number of rotatable bonds is 5. The van der Waals surface area contributed by atoms with Gasteiger partial charge in [-0.15, -0.1) is 0 Å². The first-order valence-corrected chi connectivity index (χ1v) is 5.69. The number of nitrogens with zero attached hydrogens (tertiary/aromatic N) is 2. The molecule has 1 aromatic rings. The lowest BCUT2D eigenvalue weighted by Crippen LogP contribution is -2.12. The maximum atomic E-state index is 10.8. The number of pyridine rings is 1. The van der Waals surface area contributed by atoms with Gasteiger partial charge < -0.3 is 4.74 Å². The molecule has 1 aromatic heterocycles. The van der Waals surface area contributed by atoms with Crippen molar-refractivity contribution in [3.8, 4) is 0 Å². The zero-order valence-corrected chi connectivity index (χ0v) is 10.7. The van der Waals surface area contributed by atoms with Gasteiger partial charge in [-0.25, -0.2) is 0 Å². The predicted molar refractivity (Wildman–Crippen MR) is 63.9 cm³/mol. The van der Waals surface area contributed by atoms with Crippen LogP contribution in [0, 0.1) is 17.0 Å². The number of nitro groups is 1. The number of methoxy groups -OCH3 is 1. The van der Waals surface area contributed by atoms with Crippen LogP contribution in [0.15, 0.2) is 12.3 Å². The summed E-state index contributed by atoms with van der Waals surface area (Å²) in [5.74, 6) is 0. The molecule has 0 fully saturated rings. The van der Waals surface area contributed by atoms with Crippen LogP contribution in [-0.2, 0) is 11.2 Å². The van der Waals surface area contributed by atoms with Gasteiger partial charge in [-0.1, -0.05) is 15.9 Å². The van der Waals surface area contributed by atoms with Gasteiger partial charge in [0, 0.05) is 30.6 Å². The van der Waals surface area contributed by atoms with E-state index >= 15 is 0 Å². The molecule has 88 valence electrons. The summed E-state index contributed by atoms with van der Waals surface area (Å²) in [5, 5.41) is 10.8. The van der Waals surface area contributed by atoms with Crippen molar-refractivity contribution in [3.05, 3.63) is 33.6 Å². The highest BCUT2D eigenvalue weighted by atomic mass is 79.9. The maximum Gasteiger partial charge on any atom is 0.291 e. The van der Waals surface area contributed by atoms with E-state index in [1.165, 1.54) is 6.07 Å². The molecule has 0 aliphatic carbocycles. The number of halogens is 1. The average Bonchev–Trinajstić information content (AvgIpc) is 2.20. The number of hydrogen-bond acceptors (Lipinski definition) is 4. The number of hydrogen-bond donors (Lipinski definition) is 0. The molecule has 0 saturated carbocycles. The van der Waals surface area contributed by atoms with Crippen LogP contribution >= 0.6 is 15.9 Å². The fourth-order valence-electron chi connectivity index (χ4n) is 1.35. The Morgan fingerprint density at radius 1 is 1.69 bits per heavy atom. The summed E-state index contributed by atoms with van der Waals surface area (Å²) in [7, 11) is 1.59. The Morgan fingerprint density at radius 2 is 2.38 bits per heavy atom. The second-order valence-electron chi connectivity index (χ2n) is 3.49. The Kier molecular flexibility index (Phi) is 4.82. The van der Waals surface area contributed by atoms with Gasteiger partial charge in [-0.2, -0.15) is 0 Å². The van der Waals surface area contributed by atoms with E-state index in [4.69, 9.17) is 4.74 Å². The Bertz CT molecular complexity index is 384. The van der Waals surface area contributed by atoms with Crippen LogP contribution in [0.4, 0.5) is 5.69 Å². The van der Waals surface area contributed by atoms with Crippen molar-refractivity contribution in [2.24, 2.45) is 0 Å². The molecule has 0 radical (unpaired) electrons. The monoisotopic (exact) mass is 288 g/mol. The van der Waals surface area contributed by atoms with E-state index in [9.17, 15) is 10.1 Å². The molecule has 0 aliphatic rings. The highest BCUT2D eigenvalue weighted by molar-refractivity contribution is 9.09. The molecule has 0 aliphatic heterocycles. The van der Waals surface area contributed by atoms with Crippen LogP contribution in [0.3, 0.4) is 0 Å². The highest BCUT2D eigenvalue weighted by Crippen LogP contribution is 2.20. The Balaban J connectivity index is 2.90. The molecule has 1 unspecified atom stereocenters. The van der Waals surface area contributed by atoms with E-state index in [2.05, 4.69) is 20.9 Å². The summed E-state index contributed by atoms with van der Waals surface area (Å²) in [6.45, 7) is 2.28. The quantitative estimate of drug-likeness (QED) is 0.474. The first-order valence-electron chi connectivity index (χ1n) is 4.77. The summed E-state index contributed by atoms with van der Waals surface area (Å²) in [6.07, 6.45) is 2.11. The molecule has 0 amide bonds. The summed E-state index contributed by atoms with van der Waals surface area (Å²) in [4.78, 5) is 14.6. The fourth-order valence-corrected chi connectivity index (χ4v) is 1.92. The number of aromatic nitrogens is 1. The largest absolute Gasteiger partial charge is 0.384 e. The summed E-state index contributed by atoms with van der Waals surface area (Å²) >= 11 is 3.39. The van der Waals surface area contributed by atoms with E-state index in [1.807, 2.05) is 0 Å². The maximum absolute atomic E-state index is 10.8. The minimum absolute atomic E-state index is 0.0337. The zero-order chi connectivity index (χ0) is 12.1. The minimum Gasteiger partial charge on any atom is -0.384 e. The number of aryl methyl sites for hydroxylation is 1. The van der Waals surface area contributed by atoms with Crippen molar-refractivity contribution in [1.29, 1.82) is 0 Å². The molecule has 1 heterocycles. The van der Waals surface area contributed by atoms with Gasteiger partial charge in [0.1, 0.15) is 5.69 Å². The topological polar surface area (TPSA) is 65.3 Å². The molecule has 0 spiro atoms. The molecule has 0 bridgehead atoms. The number of alkyl halides is 1. The van der Waals surface area contributed by atoms with Crippen molar-refractivity contribution in [1.82, 2.24) is 4.98 Å².